The van der Waals surface area contributed by atoms with E-state index in [9.17, 15) is 8.42 Å². The Labute approximate surface area is 126 Å². The second kappa shape index (κ2) is 6.31. The number of rotatable bonds is 5. The van der Waals surface area contributed by atoms with Gasteiger partial charge in [0.25, 0.3) is 0 Å². The third-order valence-corrected chi connectivity index (χ3v) is 5.30. The Morgan fingerprint density at radius 1 is 1.00 bits per heavy atom. The lowest BCUT2D eigenvalue weighted by atomic mass is 10.1. The first kappa shape index (κ1) is 15.6. The summed E-state index contributed by atoms with van der Waals surface area (Å²) in [6.45, 7) is 5.80. The second-order valence-electron chi connectivity index (χ2n) is 5.20. The fourth-order valence-electron chi connectivity index (χ4n) is 2.11. The molecule has 0 aliphatic rings. The molecular weight excluding hydrogens is 282 g/mol. The van der Waals surface area contributed by atoms with Gasteiger partial charge in [-0.25, -0.2) is 8.42 Å². The van der Waals surface area contributed by atoms with Gasteiger partial charge in [0.15, 0.2) is 9.84 Å². The summed E-state index contributed by atoms with van der Waals surface area (Å²) in [6, 6.07) is 15.5. The SMILES string of the molecule is CCS(=O)(=O)c1ccc(NC(C)c2ccc(C)cc2)cc1. The predicted octanol–water partition coefficient (Wildman–Crippen LogP) is 3.96. The van der Waals surface area contributed by atoms with Gasteiger partial charge in [-0.05, 0) is 43.7 Å². The molecule has 0 aromatic heterocycles. The Morgan fingerprint density at radius 3 is 2.10 bits per heavy atom. The largest absolute Gasteiger partial charge is 0.379 e. The van der Waals surface area contributed by atoms with Crippen molar-refractivity contribution in [3.8, 4) is 0 Å². The Morgan fingerprint density at radius 2 is 1.57 bits per heavy atom. The van der Waals surface area contributed by atoms with Crippen molar-refractivity contribution in [3.05, 3.63) is 59.7 Å². The number of anilines is 1. The molecule has 0 aliphatic carbocycles. The Balaban J connectivity index is 2.11. The quantitative estimate of drug-likeness (QED) is 0.909. The van der Waals surface area contributed by atoms with E-state index < -0.39 is 9.84 Å². The van der Waals surface area contributed by atoms with Crippen molar-refractivity contribution in [2.24, 2.45) is 0 Å². The fraction of sp³-hybridized carbons (Fsp3) is 0.294. The maximum Gasteiger partial charge on any atom is 0.178 e. The number of benzene rings is 2. The van der Waals surface area contributed by atoms with Crippen LogP contribution in [-0.2, 0) is 9.84 Å². The average Bonchev–Trinajstić information content (AvgIpc) is 2.48. The van der Waals surface area contributed by atoms with Crippen LogP contribution in [0.2, 0.25) is 0 Å². The van der Waals surface area contributed by atoms with Crippen LogP contribution in [0.1, 0.15) is 31.0 Å². The topological polar surface area (TPSA) is 46.2 Å². The fourth-order valence-corrected chi connectivity index (χ4v) is 3.00. The van der Waals surface area contributed by atoms with E-state index in [4.69, 9.17) is 0 Å². The van der Waals surface area contributed by atoms with E-state index in [0.29, 0.717) is 4.90 Å². The summed E-state index contributed by atoms with van der Waals surface area (Å²) in [5, 5.41) is 3.38. The van der Waals surface area contributed by atoms with Crippen molar-refractivity contribution in [1.29, 1.82) is 0 Å². The third kappa shape index (κ3) is 3.85. The minimum atomic E-state index is -3.13. The van der Waals surface area contributed by atoms with Crippen molar-refractivity contribution in [2.45, 2.75) is 31.7 Å². The van der Waals surface area contributed by atoms with Crippen LogP contribution in [0.3, 0.4) is 0 Å². The van der Waals surface area contributed by atoms with Gasteiger partial charge >= 0.3 is 0 Å². The van der Waals surface area contributed by atoms with Crippen LogP contribution in [-0.4, -0.2) is 14.2 Å². The lowest BCUT2D eigenvalue weighted by Crippen LogP contribution is -2.07. The monoisotopic (exact) mass is 303 g/mol. The van der Waals surface area contributed by atoms with E-state index in [1.54, 1.807) is 19.1 Å². The standard InChI is InChI=1S/C17H21NO2S/c1-4-21(19,20)17-11-9-16(10-12-17)18-14(3)15-7-5-13(2)6-8-15/h5-12,14,18H,4H2,1-3H3. The van der Waals surface area contributed by atoms with Crippen LogP contribution < -0.4 is 5.32 Å². The highest BCUT2D eigenvalue weighted by Crippen LogP contribution is 2.21. The van der Waals surface area contributed by atoms with Crippen molar-refractivity contribution in [2.75, 3.05) is 11.1 Å². The molecule has 0 aliphatic heterocycles. The minimum absolute atomic E-state index is 0.125. The molecule has 4 heteroatoms. The first-order valence-corrected chi connectivity index (χ1v) is 8.73. The van der Waals surface area contributed by atoms with Crippen molar-refractivity contribution in [1.82, 2.24) is 0 Å². The summed E-state index contributed by atoms with van der Waals surface area (Å²) in [4.78, 5) is 0.374. The van der Waals surface area contributed by atoms with Gasteiger partial charge in [0.05, 0.1) is 10.6 Å². The van der Waals surface area contributed by atoms with Gasteiger partial charge in [0.2, 0.25) is 0 Å². The summed E-state index contributed by atoms with van der Waals surface area (Å²) >= 11 is 0. The van der Waals surface area contributed by atoms with Gasteiger partial charge in [-0.1, -0.05) is 36.8 Å². The smallest absolute Gasteiger partial charge is 0.178 e. The molecular formula is C17H21NO2S. The van der Waals surface area contributed by atoms with Gasteiger partial charge in [-0.15, -0.1) is 0 Å². The highest BCUT2D eigenvalue weighted by atomic mass is 32.2. The van der Waals surface area contributed by atoms with Crippen LogP contribution in [0.5, 0.6) is 0 Å². The zero-order chi connectivity index (χ0) is 15.5. The molecule has 2 aromatic carbocycles. The zero-order valence-corrected chi connectivity index (χ0v) is 13.4. The number of nitrogens with one attached hydrogen (secondary N) is 1. The van der Waals surface area contributed by atoms with Crippen LogP contribution >= 0.6 is 0 Å². The van der Waals surface area contributed by atoms with Gasteiger partial charge in [0, 0.05) is 11.7 Å². The van der Waals surface area contributed by atoms with Gasteiger partial charge in [0.1, 0.15) is 0 Å². The molecule has 2 rings (SSSR count). The van der Waals surface area contributed by atoms with E-state index in [0.717, 1.165) is 5.69 Å². The lowest BCUT2D eigenvalue weighted by molar-refractivity contribution is 0.597. The number of sulfone groups is 1. The second-order valence-corrected chi connectivity index (χ2v) is 7.48. The molecule has 112 valence electrons. The van der Waals surface area contributed by atoms with E-state index in [2.05, 4.69) is 43.4 Å². The third-order valence-electron chi connectivity index (χ3n) is 3.55. The predicted molar refractivity (Wildman–Crippen MR) is 87.4 cm³/mol. The molecule has 1 unspecified atom stereocenters. The Bertz CT molecular complexity index is 689. The molecule has 2 aromatic rings. The maximum atomic E-state index is 11.8. The summed E-state index contributed by atoms with van der Waals surface area (Å²) in [6.07, 6.45) is 0. The summed E-state index contributed by atoms with van der Waals surface area (Å²) in [5.41, 5.74) is 3.35. The van der Waals surface area contributed by atoms with E-state index in [-0.39, 0.29) is 11.8 Å². The first-order chi connectivity index (χ1) is 9.92. The van der Waals surface area contributed by atoms with E-state index in [1.165, 1.54) is 11.1 Å². The van der Waals surface area contributed by atoms with Crippen LogP contribution in [0, 0.1) is 6.92 Å². The Hall–Kier alpha value is -1.81. The lowest BCUT2D eigenvalue weighted by Gasteiger charge is -2.16. The Kier molecular flexibility index (Phi) is 4.68. The maximum absolute atomic E-state index is 11.8. The molecule has 1 atom stereocenters. The zero-order valence-electron chi connectivity index (χ0n) is 12.6. The number of hydrogen-bond acceptors (Lipinski definition) is 3. The van der Waals surface area contributed by atoms with Crippen LogP contribution in [0.15, 0.2) is 53.4 Å². The van der Waals surface area contributed by atoms with Crippen molar-refractivity contribution < 1.29 is 8.42 Å². The van der Waals surface area contributed by atoms with Crippen LogP contribution in [0.4, 0.5) is 5.69 Å². The van der Waals surface area contributed by atoms with Gasteiger partial charge in [-0.2, -0.15) is 0 Å². The molecule has 0 bridgehead atoms. The summed E-state index contributed by atoms with van der Waals surface area (Å²) in [7, 11) is -3.13. The molecule has 0 radical (unpaired) electrons. The van der Waals surface area contributed by atoms with E-state index >= 15 is 0 Å². The van der Waals surface area contributed by atoms with Gasteiger partial charge < -0.3 is 5.32 Å². The van der Waals surface area contributed by atoms with E-state index in [1.807, 2.05) is 12.1 Å². The molecule has 1 N–H and O–H groups in total. The molecule has 3 nitrogen and oxygen atoms in total. The molecule has 0 saturated carbocycles. The van der Waals surface area contributed by atoms with Crippen molar-refractivity contribution >= 4 is 15.5 Å². The molecule has 0 amide bonds. The van der Waals surface area contributed by atoms with Crippen LogP contribution in [0.25, 0.3) is 0 Å². The first-order valence-electron chi connectivity index (χ1n) is 7.08. The minimum Gasteiger partial charge on any atom is -0.379 e. The molecule has 0 spiro atoms. The highest BCUT2D eigenvalue weighted by Gasteiger charge is 2.11. The van der Waals surface area contributed by atoms with Gasteiger partial charge in [-0.3, -0.25) is 0 Å². The normalized spacial score (nSPS) is 12.9. The number of hydrogen-bond donors (Lipinski definition) is 1. The molecule has 0 saturated heterocycles. The number of aryl methyl sites for hydroxylation is 1. The summed E-state index contributed by atoms with van der Waals surface area (Å²) < 4.78 is 23.5. The average molecular weight is 303 g/mol. The highest BCUT2D eigenvalue weighted by molar-refractivity contribution is 7.91. The summed E-state index contributed by atoms with van der Waals surface area (Å²) in [5.74, 6) is 0.125. The molecule has 21 heavy (non-hydrogen) atoms. The molecule has 0 fully saturated rings. The van der Waals surface area contributed by atoms with Crippen molar-refractivity contribution in [3.63, 3.8) is 0 Å². The molecule has 0 heterocycles.